The van der Waals surface area contributed by atoms with E-state index in [1.807, 2.05) is 26.0 Å². The van der Waals surface area contributed by atoms with Gasteiger partial charge in [-0.2, -0.15) is 0 Å². The van der Waals surface area contributed by atoms with E-state index in [0.29, 0.717) is 22.3 Å². The molecule has 0 aliphatic rings. The first-order valence-electron chi connectivity index (χ1n) is 9.52. The number of benzene rings is 1. The summed E-state index contributed by atoms with van der Waals surface area (Å²) >= 11 is 5.60. The van der Waals surface area contributed by atoms with Crippen molar-refractivity contribution in [3.8, 4) is 5.75 Å². The third-order valence-electron chi connectivity index (χ3n) is 4.87. The molecule has 4 nitrogen and oxygen atoms in total. The van der Waals surface area contributed by atoms with Gasteiger partial charge in [-0.3, -0.25) is 4.79 Å². The van der Waals surface area contributed by atoms with Gasteiger partial charge in [0.25, 0.3) is 5.91 Å². The number of carbonyl (C=O) groups excluding carboxylic acids is 1. The van der Waals surface area contributed by atoms with Gasteiger partial charge in [0.05, 0.1) is 17.2 Å². The molecule has 0 saturated carbocycles. The van der Waals surface area contributed by atoms with Gasteiger partial charge >= 0.3 is 0 Å². The highest BCUT2D eigenvalue weighted by molar-refractivity contribution is 7.71. The molecule has 2 aromatic rings. The largest absolute Gasteiger partial charge is 0.497 e. The minimum absolute atomic E-state index is 0.204. The SMILES string of the molecule is CCCc1oc(C)c(C)c(=S)c1C(=O)Nc1c(CC)cc(OC)cc1CC. The molecule has 0 fully saturated rings. The summed E-state index contributed by atoms with van der Waals surface area (Å²) in [5.41, 5.74) is 4.26. The van der Waals surface area contributed by atoms with Gasteiger partial charge in [-0.05, 0) is 56.4 Å². The standard InChI is InChI=1S/C22H29NO3S/c1-7-10-18-19(21(27)13(4)14(5)26-18)22(24)23-20-15(8-2)11-17(25-6)12-16(20)9-3/h11-12H,7-10H2,1-6H3,(H,23,24). The zero-order valence-corrected chi connectivity index (χ0v) is 17.9. The second-order valence-corrected chi connectivity index (χ2v) is 7.05. The van der Waals surface area contributed by atoms with Crippen molar-refractivity contribution >= 4 is 23.8 Å². The van der Waals surface area contributed by atoms with Crippen LogP contribution in [0.25, 0.3) is 0 Å². The van der Waals surface area contributed by atoms with Crippen molar-refractivity contribution in [3.63, 3.8) is 0 Å². The fraction of sp³-hybridized carbons (Fsp3) is 0.455. The predicted molar refractivity (Wildman–Crippen MR) is 113 cm³/mol. The normalized spacial score (nSPS) is 10.7. The summed E-state index contributed by atoms with van der Waals surface area (Å²) in [5.74, 6) is 2.03. The van der Waals surface area contributed by atoms with Gasteiger partial charge in [0, 0.05) is 17.7 Å². The molecule has 27 heavy (non-hydrogen) atoms. The number of nitrogens with one attached hydrogen (secondary N) is 1. The number of ether oxygens (including phenoxy) is 1. The van der Waals surface area contributed by atoms with Crippen molar-refractivity contribution in [2.75, 3.05) is 12.4 Å². The average Bonchev–Trinajstić information content (AvgIpc) is 2.66. The van der Waals surface area contributed by atoms with Gasteiger partial charge in [-0.25, -0.2) is 0 Å². The van der Waals surface area contributed by atoms with Crippen LogP contribution in [-0.2, 0) is 19.3 Å². The number of hydrogen-bond acceptors (Lipinski definition) is 4. The highest BCUT2D eigenvalue weighted by Gasteiger charge is 2.21. The Hall–Kier alpha value is -2.14. The van der Waals surface area contributed by atoms with E-state index >= 15 is 0 Å². The van der Waals surface area contributed by atoms with Crippen molar-refractivity contribution in [1.29, 1.82) is 0 Å². The second-order valence-electron chi connectivity index (χ2n) is 6.64. The number of methoxy groups -OCH3 is 1. The van der Waals surface area contributed by atoms with Crippen LogP contribution < -0.4 is 10.1 Å². The molecule has 5 heteroatoms. The highest BCUT2D eigenvalue weighted by atomic mass is 32.1. The number of amides is 1. The predicted octanol–water partition coefficient (Wildman–Crippen LogP) is 5.96. The Labute approximate surface area is 166 Å². The molecule has 0 unspecified atom stereocenters. The van der Waals surface area contributed by atoms with Crippen LogP contribution in [0, 0.1) is 18.4 Å². The molecule has 2 rings (SSSR count). The van der Waals surface area contributed by atoms with E-state index in [-0.39, 0.29) is 5.91 Å². The lowest BCUT2D eigenvalue weighted by Gasteiger charge is -2.18. The van der Waals surface area contributed by atoms with E-state index in [1.54, 1.807) is 7.11 Å². The molecular formula is C22H29NO3S. The van der Waals surface area contributed by atoms with Crippen molar-refractivity contribution in [3.05, 3.63) is 50.4 Å². The molecular weight excluding hydrogens is 358 g/mol. The third-order valence-corrected chi connectivity index (χ3v) is 5.38. The first-order chi connectivity index (χ1) is 12.9. The molecule has 0 radical (unpaired) electrons. The Morgan fingerprint density at radius 3 is 2.22 bits per heavy atom. The first-order valence-corrected chi connectivity index (χ1v) is 9.92. The molecule has 0 spiro atoms. The molecule has 1 aromatic carbocycles. The van der Waals surface area contributed by atoms with Crippen molar-refractivity contribution in [2.45, 2.75) is 60.3 Å². The van der Waals surface area contributed by atoms with Gasteiger partial charge in [-0.15, -0.1) is 0 Å². The summed E-state index contributed by atoms with van der Waals surface area (Å²) in [6, 6.07) is 3.95. The second kappa shape index (κ2) is 9.18. The Balaban J connectivity index is 2.56. The lowest BCUT2D eigenvalue weighted by Crippen LogP contribution is -2.18. The van der Waals surface area contributed by atoms with Crippen molar-refractivity contribution < 1.29 is 13.9 Å². The van der Waals surface area contributed by atoms with E-state index in [4.69, 9.17) is 21.4 Å². The summed E-state index contributed by atoms with van der Waals surface area (Å²) in [5, 5.41) is 3.11. The molecule has 0 aliphatic heterocycles. The molecule has 1 N–H and O–H groups in total. The van der Waals surface area contributed by atoms with Crippen LogP contribution in [-0.4, -0.2) is 13.0 Å². The van der Waals surface area contributed by atoms with Gasteiger partial charge in [-0.1, -0.05) is 33.0 Å². The van der Waals surface area contributed by atoms with Crippen LogP contribution in [0.1, 0.15) is 65.8 Å². The van der Waals surface area contributed by atoms with E-state index in [0.717, 1.165) is 53.1 Å². The number of hydrogen-bond donors (Lipinski definition) is 1. The fourth-order valence-electron chi connectivity index (χ4n) is 3.17. The zero-order chi connectivity index (χ0) is 20.1. The summed E-state index contributed by atoms with van der Waals surface area (Å²) in [4.78, 5) is 13.2. The summed E-state index contributed by atoms with van der Waals surface area (Å²) in [6.45, 7) is 9.98. The van der Waals surface area contributed by atoms with Crippen LogP contribution in [0.5, 0.6) is 5.75 Å². The molecule has 1 heterocycles. The molecule has 0 atom stereocenters. The Bertz CT molecular complexity index is 874. The fourth-order valence-corrected chi connectivity index (χ4v) is 3.52. The summed E-state index contributed by atoms with van der Waals surface area (Å²) < 4.78 is 11.9. The van der Waals surface area contributed by atoms with E-state index in [2.05, 4.69) is 26.1 Å². The van der Waals surface area contributed by atoms with E-state index in [1.165, 1.54) is 0 Å². The van der Waals surface area contributed by atoms with Crippen LogP contribution in [0.4, 0.5) is 5.69 Å². The molecule has 146 valence electrons. The molecule has 1 aromatic heterocycles. The van der Waals surface area contributed by atoms with Crippen LogP contribution in [0.15, 0.2) is 16.5 Å². The van der Waals surface area contributed by atoms with Gasteiger partial charge < -0.3 is 14.5 Å². The van der Waals surface area contributed by atoms with Crippen molar-refractivity contribution in [1.82, 2.24) is 0 Å². The Morgan fingerprint density at radius 2 is 1.74 bits per heavy atom. The van der Waals surface area contributed by atoms with E-state index < -0.39 is 0 Å². The lowest BCUT2D eigenvalue weighted by molar-refractivity contribution is 0.102. The first kappa shape index (κ1) is 21.2. The minimum atomic E-state index is -0.204. The number of rotatable bonds is 7. The summed E-state index contributed by atoms with van der Waals surface area (Å²) in [6.07, 6.45) is 3.14. The van der Waals surface area contributed by atoms with Gasteiger partial charge in [0.1, 0.15) is 17.3 Å². The van der Waals surface area contributed by atoms with Crippen LogP contribution in [0.3, 0.4) is 0 Å². The molecule has 0 aliphatic carbocycles. The average molecular weight is 388 g/mol. The molecule has 0 saturated heterocycles. The maximum absolute atomic E-state index is 13.2. The lowest BCUT2D eigenvalue weighted by atomic mass is 10.0. The Morgan fingerprint density at radius 1 is 1.15 bits per heavy atom. The smallest absolute Gasteiger partial charge is 0.260 e. The minimum Gasteiger partial charge on any atom is -0.497 e. The van der Waals surface area contributed by atoms with Crippen LogP contribution >= 0.6 is 12.2 Å². The molecule has 0 bridgehead atoms. The maximum atomic E-state index is 13.2. The van der Waals surface area contributed by atoms with Gasteiger partial charge in [0.15, 0.2) is 0 Å². The summed E-state index contributed by atoms with van der Waals surface area (Å²) in [7, 11) is 1.66. The maximum Gasteiger partial charge on any atom is 0.260 e. The zero-order valence-electron chi connectivity index (χ0n) is 17.1. The number of carbonyl (C=O) groups is 1. The molecule has 1 amide bonds. The van der Waals surface area contributed by atoms with Crippen molar-refractivity contribution in [2.24, 2.45) is 0 Å². The monoisotopic (exact) mass is 387 g/mol. The number of aryl methyl sites for hydroxylation is 4. The highest BCUT2D eigenvalue weighted by Crippen LogP contribution is 2.30. The Kier molecular flexibility index (Phi) is 7.19. The quantitative estimate of drug-likeness (QED) is 0.595. The number of anilines is 1. The topological polar surface area (TPSA) is 51.5 Å². The van der Waals surface area contributed by atoms with Crippen LogP contribution in [0.2, 0.25) is 0 Å². The third kappa shape index (κ3) is 4.41. The van der Waals surface area contributed by atoms with Gasteiger partial charge in [0.2, 0.25) is 0 Å². The van der Waals surface area contributed by atoms with E-state index in [9.17, 15) is 4.79 Å².